The third kappa shape index (κ3) is 1.83. The van der Waals surface area contributed by atoms with Gasteiger partial charge in [0.25, 0.3) is 0 Å². The van der Waals surface area contributed by atoms with Gasteiger partial charge in [-0.1, -0.05) is 36.4 Å². The molecular weight excluding hydrogens is 248 g/mol. The lowest BCUT2D eigenvalue weighted by atomic mass is 9.71. The highest BCUT2D eigenvalue weighted by molar-refractivity contribution is 5.49. The molecule has 2 aliphatic rings. The number of fused-ring (bicyclic) bond motifs is 5. The Labute approximate surface area is 119 Å². The SMILES string of the molecule is OC1CCC2c3ccccc3Oc3ccccc3C2C1. The summed E-state index contributed by atoms with van der Waals surface area (Å²) < 4.78 is 6.15. The van der Waals surface area contributed by atoms with Gasteiger partial charge < -0.3 is 9.84 Å². The van der Waals surface area contributed by atoms with Gasteiger partial charge in [0.1, 0.15) is 11.5 Å². The van der Waals surface area contributed by atoms with Crippen LogP contribution in [-0.2, 0) is 0 Å². The van der Waals surface area contributed by atoms with Crippen molar-refractivity contribution in [1.82, 2.24) is 0 Å². The Hall–Kier alpha value is -1.80. The molecule has 102 valence electrons. The Kier molecular flexibility index (Phi) is 2.78. The summed E-state index contributed by atoms with van der Waals surface area (Å²) in [4.78, 5) is 0. The van der Waals surface area contributed by atoms with E-state index in [0.717, 1.165) is 30.8 Å². The molecule has 1 N–H and O–H groups in total. The van der Waals surface area contributed by atoms with Crippen LogP contribution in [0, 0.1) is 0 Å². The molecule has 1 saturated carbocycles. The summed E-state index contributed by atoms with van der Waals surface area (Å²) in [5.74, 6) is 2.74. The largest absolute Gasteiger partial charge is 0.457 e. The molecular formula is C18H18O2. The van der Waals surface area contributed by atoms with Gasteiger partial charge in [0, 0.05) is 0 Å². The normalized spacial score (nSPS) is 27.6. The summed E-state index contributed by atoms with van der Waals surface area (Å²) in [5.41, 5.74) is 2.54. The van der Waals surface area contributed by atoms with E-state index in [1.807, 2.05) is 18.2 Å². The van der Waals surface area contributed by atoms with Gasteiger partial charge in [0.2, 0.25) is 0 Å². The maximum Gasteiger partial charge on any atom is 0.130 e. The molecule has 20 heavy (non-hydrogen) atoms. The zero-order chi connectivity index (χ0) is 13.5. The van der Waals surface area contributed by atoms with Crippen LogP contribution >= 0.6 is 0 Å². The van der Waals surface area contributed by atoms with Gasteiger partial charge in [0.05, 0.1) is 6.10 Å². The maximum absolute atomic E-state index is 10.1. The number of hydrogen-bond donors (Lipinski definition) is 1. The fraction of sp³-hybridized carbons (Fsp3) is 0.333. The predicted molar refractivity (Wildman–Crippen MR) is 78.3 cm³/mol. The Morgan fingerprint density at radius 3 is 2.10 bits per heavy atom. The van der Waals surface area contributed by atoms with E-state index in [-0.39, 0.29) is 6.10 Å². The van der Waals surface area contributed by atoms with Gasteiger partial charge in [-0.25, -0.2) is 0 Å². The van der Waals surface area contributed by atoms with Crippen molar-refractivity contribution >= 4 is 0 Å². The summed E-state index contributed by atoms with van der Waals surface area (Å²) in [7, 11) is 0. The van der Waals surface area contributed by atoms with E-state index in [0.29, 0.717) is 11.8 Å². The van der Waals surface area contributed by atoms with Crippen molar-refractivity contribution in [2.45, 2.75) is 37.2 Å². The van der Waals surface area contributed by atoms with Crippen molar-refractivity contribution in [3.05, 3.63) is 59.7 Å². The second kappa shape index (κ2) is 4.64. The Morgan fingerprint density at radius 1 is 0.800 bits per heavy atom. The number of hydrogen-bond acceptors (Lipinski definition) is 2. The van der Waals surface area contributed by atoms with Crippen molar-refractivity contribution in [2.24, 2.45) is 0 Å². The molecule has 0 bridgehead atoms. The molecule has 0 saturated heterocycles. The second-order valence-corrected chi connectivity index (χ2v) is 5.86. The van der Waals surface area contributed by atoms with Crippen molar-refractivity contribution in [3.8, 4) is 11.5 Å². The molecule has 1 heterocycles. The lowest BCUT2D eigenvalue weighted by molar-refractivity contribution is 0.110. The lowest BCUT2D eigenvalue weighted by Gasteiger charge is -2.33. The second-order valence-electron chi connectivity index (χ2n) is 5.86. The Morgan fingerprint density at radius 2 is 1.40 bits per heavy atom. The van der Waals surface area contributed by atoms with E-state index < -0.39 is 0 Å². The predicted octanol–water partition coefficient (Wildman–Crippen LogP) is 4.20. The van der Waals surface area contributed by atoms with E-state index >= 15 is 0 Å². The van der Waals surface area contributed by atoms with E-state index in [2.05, 4.69) is 30.3 Å². The first-order valence-electron chi connectivity index (χ1n) is 7.36. The molecule has 2 aromatic rings. The van der Waals surface area contributed by atoms with Crippen molar-refractivity contribution < 1.29 is 9.84 Å². The van der Waals surface area contributed by atoms with Crippen LogP contribution in [0.15, 0.2) is 48.5 Å². The average Bonchev–Trinajstić information content (AvgIpc) is 2.61. The van der Waals surface area contributed by atoms with Gasteiger partial charge in [-0.2, -0.15) is 0 Å². The van der Waals surface area contributed by atoms with Crippen LogP contribution in [-0.4, -0.2) is 11.2 Å². The van der Waals surface area contributed by atoms with Crippen molar-refractivity contribution in [2.75, 3.05) is 0 Å². The summed E-state index contributed by atoms with van der Waals surface area (Å²) in [6, 6.07) is 16.6. The number of aliphatic hydroxyl groups excluding tert-OH is 1. The van der Waals surface area contributed by atoms with Crippen LogP contribution in [0.2, 0.25) is 0 Å². The fourth-order valence-corrected chi connectivity index (χ4v) is 3.74. The quantitative estimate of drug-likeness (QED) is 0.774. The van der Waals surface area contributed by atoms with Gasteiger partial charge in [-0.3, -0.25) is 0 Å². The van der Waals surface area contributed by atoms with Crippen LogP contribution in [0.5, 0.6) is 11.5 Å². The Balaban J connectivity index is 1.90. The van der Waals surface area contributed by atoms with Crippen LogP contribution in [0.25, 0.3) is 0 Å². The highest BCUT2D eigenvalue weighted by atomic mass is 16.5. The van der Waals surface area contributed by atoms with E-state index in [1.165, 1.54) is 11.1 Å². The minimum atomic E-state index is -0.186. The zero-order valence-corrected chi connectivity index (χ0v) is 11.3. The third-order valence-electron chi connectivity index (χ3n) is 4.68. The number of ether oxygens (including phenoxy) is 1. The molecule has 0 aromatic heterocycles. The highest BCUT2D eigenvalue weighted by Crippen LogP contribution is 2.52. The molecule has 1 aliphatic carbocycles. The molecule has 0 radical (unpaired) electrons. The molecule has 0 spiro atoms. The summed E-state index contributed by atoms with van der Waals surface area (Å²) in [6.45, 7) is 0. The van der Waals surface area contributed by atoms with Crippen LogP contribution in [0.1, 0.15) is 42.2 Å². The molecule has 3 atom stereocenters. The molecule has 2 aromatic carbocycles. The highest BCUT2D eigenvalue weighted by Gasteiger charge is 2.36. The topological polar surface area (TPSA) is 29.5 Å². The molecule has 4 rings (SSSR count). The smallest absolute Gasteiger partial charge is 0.130 e. The van der Waals surface area contributed by atoms with Gasteiger partial charge in [-0.15, -0.1) is 0 Å². The summed E-state index contributed by atoms with van der Waals surface area (Å²) in [5, 5.41) is 10.1. The zero-order valence-electron chi connectivity index (χ0n) is 11.3. The number of benzene rings is 2. The summed E-state index contributed by atoms with van der Waals surface area (Å²) in [6.07, 6.45) is 2.56. The monoisotopic (exact) mass is 266 g/mol. The minimum absolute atomic E-state index is 0.186. The molecule has 1 fully saturated rings. The first-order chi connectivity index (χ1) is 9.83. The minimum Gasteiger partial charge on any atom is -0.457 e. The molecule has 2 nitrogen and oxygen atoms in total. The number of aliphatic hydroxyl groups is 1. The summed E-state index contributed by atoms with van der Waals surface area (Å²) >= 11 is 0. The maximum atomic E-state index is 10.1. The third-order valence-corrected chi connectivity index (χ3v) is 4.68. The lowest BCUT2D eigenvalue weighted by Crippen LogP contribution is -2.24. The first-order valence-corrected chi connectivity index (χ1v) is 7.36. The van der Waals surface area contributed by atoms with Crippen LogP contribution in [0.3, 0.4) is 0 Å². The average molecular weight is 266 g/mol. The molecule has 3 unspecified atom stereocenters. The number of rotatable bonds is 0. The first kappa shape index (κ1) is 12.0. The van der Waals surface area contributed by atoms with E-state index in [9.17, 15) is 5.11 Å². The fourth-order valence-electron chi connectivity index (χ4n) is 3.74. The van der Waals surface area contributed by atoms with Crippen molar-refractivity contribution in [3.63, 3.8) is 0 Å². The van der Waals surface area contributed by atoms with E-state index in [4.69, 9.17) is 4.74 Å². The van der Waals surface area contributed by atoms with Crippen molar-refractivity contribution in [1.29, 1.82) is 0 Å². The molecule has 1 aliphatic heterocycles. The molecule has 0 amide bonds. The van der Waals surface area contributed by atoms with E-state index in [1.54, 1.807) is 0 Å². The molecule has 2 heteroatoms. The van der Waals surface area contributed by atoms with Gasteiger partial charge in [0.15, 0.2) is 0 Å². The Bertz CT molecular complexity index is 635. The van der Waals surface area contributed by atoms with Crippen LogP contribution in [0.4, 0.5) is 0 Å². The standard InChI is InChI=1S/C18H18O2/c19-12-9-10-13-14-5-1-3-7-17(14)20-18-8-4-2-6-15(18)16(13)11-12/h1-8,12-13,16,19H,9-11H2. The van der Waals surface area contributed by atoms with Crippen LogP contribution < -0.4 is 4.74 Å². The van der Waals surface area contributed by atoms with Gasteiger partial charge in [-0.05, 0) is 54.4 Å². The van der Waals surface area contributed by atoms with Gasteiger partial charge >= 0.3 is 0 Å². The number of para-hydroxylation sites is 2.